The lowest BCUT2D eigenvalue weighted by Gasteiger charge is -2.27. The predicted molar refractivity (Wildman–Crippen MR) is 158 cm³/mol. The third kappa shape index (κ3) is 27.3. The van der Waals surface area contributed by atoms with Crippen LogP contribution in [0.25, 0.3) is 0 Å². The zero-order valence-electron chi connectivity index (χ0n) is 25.3. The van der Waals surface area contributed by atoms with Gasteiger partial charge in [0, 0.05) is 32.2 Å². The summed E-state index contributed by atoms with van der Waals surface area (Å²) in [5.41, 5.74) is 0. The van der Waals surface area contributed by atoms with Gasteiger partial charge in [0.2, 0.25) is 5.91 Å². The van der Waals surface area contributed by atoms with E-state index in [1.165, 1.54) is 44.9 Å². The molecule has 0 unspecified atom stereocenters. The Morgan fingerprint density at radius 2 is 1.21 bits per heavy atom. The number of nitrogens with zero attached hydrogens (tertiary/aromatic N) is 2. The molecule has 0 aromatic heterocycles. The summed E-state index contributed by atoms with van der Waals surface area (Å²) >= 11 is 0. The Balaban J connectivity index is 3.39. The van der Waals surface area contributed by atoms with Crippen LogP contribution in [0.1, 0.15) is 116 Å². The molecular formula is C31H60N3O4+. The van der Waals surface area contributed by atoms with E-state index in [4.69, 9.17) is 5.11 Å². The molecule has 7 nitrogen and oxygen atoms in total. The molecule has 0 rings (SSSR count). The van der Waals surface area contributed by atoms with Gasteiger partial charge >= 0.3 is 5.97 Å². The summed E-state index contributed by atoms with van der Waals surface area (Å²) in [5, 5.41) is 11.9. The fourth-order valence-electron chi connectivity index (χ4n) is 4.57. The van der Waals surface area contributed by atoms with Crippen LogP contribution in [-0.2, 0) is 14.4 Å². The fraction of sp³-hybridized carbons (Fsp3) is 0.839. The number of unbranched alkanes of at least 4 members (excludes halogenated alkanes) is 11. The predicted octanol–water partition coefficient (Wildman–Crippen LogP) is 5.97. The minimum Gasteiger partial charge on any atom is -0.477 e. The average molecular weight is 539 g/mol. The summed E-state index contributed by atoms with van der Waals surface area (Å²) in [7, 11) is 7.95. The molecule has 0 aliphatic rings. The Hall–Kier alpha value is -1.73. The van der Waals surface area contributed by atoms with Gasteiger partial charge in [0.05, 0.1) is 20.6 Å². The van der Waals surface area contributed by atoms with E-state index in [0.29, 0.717) is 23.2 Å². The third-order valence-electron chi connectivity index (χ3n) is 6.90. The first-order chi connectivity index (χ1) is 18.1. The van der Waals surface area contributed by atoms with Crippen molar-refractivity contribution in [3.05, 3.63) is 12.2 Å². The van der Waals surface area contributed by atoms with Crippen LogP contribution in [0.3, 0.4) is 0 Å². The number of ketones is 1. The van der Waals surface area contributed by atoms with E-state index in [-0.39, 0.29) is 12.5 Å². The van der Waals surface area contributed by atoms with Crippen molar-refractivity contribution in [1.29, 1.82) is 0 Å². The molecule has 0 fully saturated rings. The summed E-state index contributed by atoms with van der Waals surface area (Å²) in [4.78, 5) is 36.8. The maximum Gasteiger partial charge on any atom is 0.359 e. The van der Waals surface area contributed by atoms with Crippen molar-refractivity contribution < 1.29 is 24.0 Å². The zero-order chi connectivity index (χ0) is 28.5. The minimum atomic E-state index is -0.792. The van der Waals surface area contributed by atoms with Gasteiger partial charge in [0.15, 0.2) is 6.54 Å². The summed E-state index contributed by atoms with van der Waals surface area (Å²) in [6.07, 6.45) is 23.6. The van der Waals surface area contributed by atoms with Crippen LogP contribution in [0, 0.1) is 0 Å². The molecule has 2 N–H and O–H groups in total. The van der Waals surface area contributed by atoms with Crippen LogP contribution < -0.4 is 5.32 Å². The minimum absolute atomic E-state index is 0.104. The number of carbonyl (C=O) groups is 3. The molecular weight excluding hydrogens is 478 g/mol. The molecule has 0 bridgehead atoms. The standard InChI is InChI=1S/C31H59N3O4/c1-33(2)26-20-19-23-29(35)22-17-15-13-11-9-7-5-6-8-10-12-14-16-18-24-30(36)32-25-21-27-34(3,4)28-31(37)38/h5-6H,7-28H2,1-4H3,(H-,32,36,37,38)/p+1/b6-5+. The smallest absolute Gasteiger partial charge is 0.359 e. The molecule has 7 heteroatoms. The molecule has 222 valence electrons. The molecule has 0 aromatic carbocycles. The van der Waals surface area contributed by atoms with Crippen LogP contribution in [0.2, 0.25) is 0 Å². The van der Waals surface area contributed by atoms with Gasteiger partial charge in [-0.05, 0) is 72.0 Å². The van der Waals surface area contributed by atoms with Gasteiger partial charge in [0.1, 0.15) is 5.78 Å². The van der Waals surface area contributed by atoms with E-state index < -0.39 is 5.97 Å². The number of carbonyl (C=O) groups excluding carboxylic acids is 2. The fourth-order valence-corrected chi connectivity index (χ4v) is 4.57. The summed E-state index contributed by atoms with van der Waals surface area (Å²) in [6, 6.07) is 0. The normalized spacial score (nSPS) is 11.9. The van der Waals surface area contributed by atoms with Crippen molar-refractivity contribution in [2.24, 2.45) is 0 Å². The van der Waals surface area contributed by atoms with Crippen molar-refractivity contribution in [1.82, 2.24) is 10.2 Å². The number of allylic oxidation sites excluding steroid dienone is 2. The maximum absolute atomic E-state index is 11.9. The van der Waals surface area contributed by atoms with Gasteiger partial charge in [-0.3, -0.25) is 9.59 Å². The quantitative estimate of drug-likeness (QED) is 0.0764. The molecule has 1 amide bonds. The van der Waals surface area contributed by atoms with Crippen LogP contribution in [0.5, 0.6) is 0 Å². The van der Waals surface area contributed by atoms with Gasteiger partial charge in [-0.15, -0.1) is 0 Å². The SMILES string of the molecule is CN(C)CCCCC(=O)CCCCCCC/C=C/CCCCCCCC(=O)NCCC[N+](C)(C)CC(=O)O. The number of hydrogen-bond donors (Lipinski definition) is 2. The van der Waals surface area contributed by atoms with E-state index in [1.807, 2.05) is 14.1 Å². The molecule has 0 saturated heterocycles. The number of carboxylic acids is 1. The number of amides is 1. The maximum atomic E-state index is 11.9. The molecule has 0 aliphatic heterocycles. The van der Waals surface area contributed by atoms with E-state index in [9.17, 15) is 14.4 Å². The first-order valence-corrected chi connectivity index (χ1v) is 15.2. The van der Waals surface area contributed by atoms with Crippen molar-refractivity contribution >= 4 is 17.7 Å². The van der Waals surface area contributed by atoms with Gasteiger partial charge in [-0.2, -0.15) is 0 Å². The van der Waals surface area contributed by atoms with Crippen molar-refractivity contribution in [2.75, 3.05) is 54.4 Å². The number of hydrogen-bond acceptors (Lipinski definition) is 4. The van der Waals surface area contributed by atoms with E-state index in [2.05, 4.69) is 36.5 Å². The van der Waals surface area contributed by atoms with Gasteiger partial charge in [0.25, 0.3) is 0 Å². The number of nitrogens with one attached hydrogen (secondary N) is 1. The third-order valence-corrected chi connectivity index (χ3v) is 6.90. The highest BCUT2D eigenvalue weighted by Gasteiger charge is 2.18. The largest absolute Gasteiger partial charge is 0.477 e. The summed E-state index contributed by atoms with van der Waals surface area (Å²) in [6.45, 7) is 2.53. The first kappa shape index (κ1) is 36.3. The van der Waals surface area contributed by atoms with Crippen LogP contribution in [0.15, 0.2) is 12.2 Å². The number of aliphatic carboxylic acids is 1. The number of carboxylic acid groups (broad SMARTS) is 1. The summed E-state index contributed by atoms with van der Waals surface area (Å²) < 4.78 is 0.433. The number of rotatable bonds is 27. The second-order valence-electron chi connectivity index (χ2n) is 11.8. The molecule has 0 radical (unpaired) electrons. The monoisotopic (exact) mass is 538 g/mol. The van der Waals surface area contributed by atoms with E-state index in [0.717, 1.165) is 77.3 Å². The Morgan fingerprint density at radius 1 is 0.711 bits per heavy atom. The lowest BCUT2D eigenvalue weighted by atomic mass is 10.0. The van der Waals surface area contributed by atoms with E-state index >= 15 is 0 Å². The Morgan fingerprint density at radius 3 is 1.76 bits per heavy atom. The zero-order valence-corrected chi connectivity index (χ0v) is 25.3. The molecule has 38 heavy (non-hydrogen) atoms. The van der Waals surface area contributed by atoms with E-state index in [1.54, 1.807) is 0 Å². The topological polar surface area (TPSA) is 86.7 Å². The van der Waals surface area contributed by atoms with Gasteiger partial charge in [-0.1, -0.05) is 50.7 Å². The molecule has 0 saturated carbocycles. The lowest BCUT2D eigenvalue weighted by Crippen LogP contribution is -2.45. The second kappa shape index (κ2) is 24.3. The average Bonchev–Trinajstić information content (AvgIpc) is 2.83. The highest BCUT2D eigenvalue weighted by molar-refractivity contribution is 5.78. The van der Waals surface area contributed by atoms with Crippen molar-refractivity contribution in [3.63, 3.8) is 0 Å². The highest BCUT2D eigenvalue weighted by Crippen LogP contribution is 2.11. The van der Waals surface area contributed by atoms with Crippen molar-refractivity contribution in [3.8, 4) is 0 Å². The Labute approximate surface area is 234 Å². The Kier molecular flexibility index (Phi) is 23.2. The molecule has 0 spiro atoms. The number of likely N-dealkylation sites (N-methyl/N-ethyl adjacent to an activating group) is 1. The van der Waals surface area contributed by atoms with Crippen LogP contribution in [-0.4, -0.2) is 86.5 Å². The summed E-state index contributed by atoms with van der Waals surface area (Å²) in [5.74, 6) is -0.240. The molecule has 0 aromatic rings. The molecule has 0 aliphatic carbocycles. The van der Waals surface area contributed by atoms with Gasteiger partial charge in [-0.25, -0.2) is 4.79 Å². The second-order valence-corrected chi connectivity index (χ2v) is 11.8. The molecule has 0 heterocycles. The number of Topliss-reactive ketones (excluding diaryl/α,β-unsaturated/α-hetero) is 1. The lowest BCUT2D eigenvalue weighted by molar-refractivity contribution is -0.883. The highest BCUT2D eigenvalue weighted by atomic mass is 16.4. The van der Waals surface area contributed by atoms with Crippen LogP contribution in [0.4, 0.5) is 0 Å². The number of quaternary nitrogens is 1. The first-order valence-electron chi connectivity index (χ1n) is 15.2. The van der Waals surface area contributed by atoms with Crippen molar-refractivity contribution in [2.45, 2.75) is 116 Å². The van der Waals surface area contributed by atoms with Crippen LogP contribution >= 0.6 is 0 Å². The Bertz CT molecular complexity index is 647. The molecule has 0 atom stereocenters. The van der Waals surface area contributed by atoms with Gasteiger partial charge < -0.3 is 19.8 Å².